The number of rotatable bonds is 6. The van der Waals surface area contributed by atoms with E-state index in [4.69, 9.17) is 0 Å². The molecule has 0 unspecified atom stereocenters. The number of hydrogen-bond acceptors (Lipinski definition) is 4. The number of likely N-dealkylation sites (N-methyl/N-ethyl adjacent to an activating group) is 1. The Morgan fingerprint density at radius 1 is 1.00 bits per heavy atom. The number of hydrogen-bond donors (Lipinski definition) is 1. The first-order valence-corrected chi connectivity index (χ1v) is 11.1. The minimum absolute atomic E-state index is 0.0846. The quantitative estimate of drug-likeness (QED) is 0.762. The molecule has 0 aliphatic carbocycles. The zero-order chi connectivity index (χ0) is 21.1. The van der Waals surface area contributed by atoms with Gasteiger partial charge in [-0.1, -0.05) is 37.3 Å². The predicted octanol–water partition coefficient (Wildman–Crippen LogP) is 3.79. The monoisotopic (exact) mass is 427 g/mol. The number of piperazine rings is 1. The second-order valence-corrected chi connectivity index (χ2v) is 8.72. The molecule has 2 aromatic carbocycles. The molecule has 0 spiro atoms. The summed E-state index contributed by atoms with van der Waals surface area (Å²) in [5, 5.41) is 0. The van der Waals surface area contributed by atoms with Crippen LogP contribution in [0.3, 0.4) is 0 Å². The summed E-state index contributed by atoms with van der Waals surface area (Å²) in [6, 6.07) is 11.5. The van der Waals surface area contributed by atoms with Crippen LogP contribution in [0.4, 0.5) is 24.5 Å². The normalized spacial score (nSPS) is 16.1. The molecule has 2 aromatic rings. The first kappa shape index (κ1) is 21.4. The highest BCUT2D eigenvalue weighted by molar-refractivity contribution is 7.91. The highest BCUT2D eigenvalue weighted by atomic mass is 32.2. The highest BCUT2D eigenvalue weighted by Gasteiger charge is 2.30. The molecule has 0 saturated carbocycles. The van der Waals surface area contributed by atoms with Crippen molar-refractivity contribution in [2.24, 2.45) is 0 Å². The van der Waals surface area contributed by atoms with Crippen LogP contribution in [0.1, 0.15) is 18.1 Å². The first-order valence-electron chi connectivity index (χ1n) is 9.41. The summed E-state index contributed by atoms with van der Waals surface area (Å²) < 4.78 is 66.5. The van der Waals surface area contributed by atoms with Crippen molar-refractivity contribution in [3.05, 3.63) is 59.7 Å². The van der Waals surface area contributed by atoms with E-state index in [1.54, 1.807) is 12.1 Å². The van der Waals surface area contributed by atoms with Crippen LogP contribution < -0.4 is 9.62 Å². The molecule has 3 rings (SSSR count). The van der Waals surface area contributed by atoms with Crippen molar-refractivity contribution in [3.8, 4) is 0 Å². The van der Waals surface area contributed by atoms with Gasteiger partial charge in [0.25, 0.3) is 0 Å². The fraction of sp³-hybridized carbons (Fsp3) is 0.400. The summed E-state index contributed by atoms with van der Waals surface area (Å²) in [5.41, 5.74) is 0.432. The maximum Gasteiger partial charge on any atom is 0.416 e. The number of benzene rings is 2. The predicted molar refractivity (Wildman–Crippen MR) is 108 cm³/mol. The summed E-state index contributed by atoms with van der Waals surface area (Å²) in [7, 11) is -3.88. The van der Waals surface area contributed by atoms with E-state index >= 15 is 0 Å². The van der Waals surface area contributed by atoms with Gasteiger partial charge in [0, 0.05) is 26.2 Å². The highest BCUT2D eigenvalue weighted by Crippen LogP contribution is 2.31. The summed E-state index contributed by atoms with van der Waals surface area (Å²) in [6.45, 7) is 6.41. The number of para-hydroxylation sites is 2. The van der Waals surface area contributed by atoms with E-state index in [0.717, 1.165) is 50.5 Å². The van der Waals surface area contributed by atoms with E-state index < -0.39 is 27.5 Å². The third kappa shape index (κ3) is 5.63. The van der Waals surface area contributed by atoms with Crippen LogP contribution in [0, 0.1) is 0 Å². The molecule has 0 bridgehead atoms. The van der Waals surface area contributed by atoms with E-state index in [1.165, 1.54) is 12.1 Å². The van der Waals surface area contributed by atoms with Gasteiger partial charge in [-0.2, -0.15) is 13.2 Å². The minimum Gasteiger partial charge on any atom is -0.367 e. The second kappa shape index (κ2) is 8.62. The molecule has 1 saturated heterocycles. The zero-order valence-corrected chi connectivity index (χ0v) is 16.9. The van der Waals surface area contributed by atoms with Gasteiger partial charge < -0.3 is 9.80 Å². The molecular weight excluding hydrogens is 403 g/mol. The van der Waals surface area contributed by atoms with Crippen LogP contribution in [-0.2, 0) is 22.0 Å². The first-order chi connectivity index (χ1) is 13.7. The molecule has 29 heavy (non-hydrogen) atoms. The van der Waals surface area contributed by atoms with Gasteiger partial charge >= 0.3 is 6.18 Å². The lowest BCUT2D eigenvalue weighted by atomic mass is 10.1. The lowest BCUT2D eigenvalue weighted by Gasteiger charge is -2.36. The topological polar surface area (TPSA) is 52.6 Å². The van der Waals surface area contributed by atoms with Crippen LogP contribution in [0.5, 0.6) is 0 Å². The minimum atomic E-state index is -4.51. The van der Waals surface area contributed by atoms with Crippen LogP contribution in [0.25, 0.3) is 0 Å². The van der Waals surface area contributed by atoms with Crippen molar-refractivity contribution in [3.63, 3.8) is 0 Å². The lowest BCUT2D eigenvalue weighted by molar-refractivity contribution is -0.137. The standard InChI is InChI=1S/C20H24F3N3O2S/c1-2-25-10-12-26(13-11-25)19-9-4-3-8-18(19)24-29(27,28)15-16-6-5-7-17(14-16)20(21,22)23/h3-9,14,24H,2,10-13,15H2,1H3. The molecule has 1 aliphatic heterocycles. The van der Waals surface area contributed by atoms with Crippen molar-refractivity contribution >= 4 is 21.4 Å². The summed E-state index contributed by atoms with van der Waals surface area (Å²) in [5.74, 6) is -0.533. The average Bonchev–Trinajstić information content (AvgIpc) is 2.67. The molecule has 1 heterocycles. The van der Waals surface area contributed by atoms with E-state index in [9.17, 15) is 21.6 Å². The van der Waals surface area contributed by atoms with Crippen LogP contribution in [0.15, 0.2) is 48.5 Å². The van der Waals surface area contributed by atoms with Crippen LogP contribution in [0.2, 0.25) is 0 Å². The molecule has 5 nitrogen and oxygen atoms in total. The Morgan fingerprint density at radius 3 is 2.34 bits per heavy atom. The molecule has 0 amide bonds. The fourth-order valence-electron chi connectivity index (χ4n) is 3.40. The SMILES string of the molecule is CCN1CCN(c2ccccc2NS(=O)(=O)Cc2cccc(C(F)(F)F)c2)CC1. The smallest absolute Gasteiger partial charge is 0.367 e. The number of halogens is 3. The molecule has 0 aromatic heterocycles. The van der Waals surface area contributed by atoms with Gasteiger partial charge in [0.15, 0.2) is 0 Å². The largest absolute Gasteiger partial charge is 0.416 e. The Kier molecular flexibility index (Phi) is 6.38. The average molecular weight is 427 g/mol. The van der Waals surface area contributed by atoms with Crippen molar-refractivity contribution in [2.75, 3.05) is 42.3 Å². The summed E-state index contributed by atoms with van der Waals surface area (Å²) in [6.07, 6.45) is -4.51. The molecule has 0 atom stereocenters. The molecule has 0 radical (unpaired) electrons. The van der Waals surface area contributed by atoms with Gasteiger partial charge in [0.1, 0.15) is 0 Å². The third-order valence-corrected chi connectivity index (χ3v) is 6.18. The number of alkyl halides is 3. The lowest BCUT2D eigenvalue weighted by Crippen LogP contribution is -2.46. The Bertz CT molecular complexity index is 940. The molecule has 1 fully saturated rings. The zero-order valence-electron chi connectivity index (χ0n) is 16.1. The number of nitrogens with zero attached hydrogens (tertiary/aromatic N) is 2. The summed E-state index contributed by atoms with van der Waals surface area (Å²) in [4.78, 5) is 4.44. The van der Waals surface area contributed by atoms with E-state index in [2.05, 4.69) is 21.4 Å². The second-order valence-electron chi connectivity index (χ2n) is 7.00. The van der Waals surface area contributed by atoms with Gasteiger partial charge in [0.2, 0.25) is 10.0 Å². The van der Waals surface area contributed by atoms with Gasteiger partial charge in [0.05, 0.1) is 22.7 Å². The van der Waals surface area contributed by atoms with Gasteiger partial charge in [-0.05, 0) is 30.3 Å². The van der Waals surface area contributed by atoms with Crippen molar-refractivity contribution < 1.29 is 21.6 Å². The Hall–Kier alpha value is -2.26. The Balaban J connectivity index is 1.76. The van der Waals surface area contributed by atoms with E-state index in [0.29, 0.717) is 5.69 Å². The van der Waals surface area contributed by atoms with E-state index in [1.807, 2.05) is 12.1 Å². The van der Waals surface area contributed by atoms with Gasteiger partial charge in [-0.25, -0.2) is 8.42 Å². The summed E-state index contributed by atoms with van der Waals surface area (Å²) >= 11 is 0. The Labute approximate surface area is 169 Å². The van der Waals surface area contributed by atoms with Crippen molar-refractivity contribution in [1.29, 1.82) is 0 Å². The van der Waals surface area contributed by atoms with Crippen molar-refractivity contribution in [2.45, 2.75) is 18.9 Å². The van der Waals surface area contributed by atoms with Gasteiger partial charge in [-0.15, -0.1) is 0 Å². The molecule has 158 valence electrons. The van der Waals surface area contributed by atoms with E-state index in [-0.39, 0.29) is 5.56 Å². The molecular formula is C20H24F3N3O2S. The number of nitrogens with one attached hydrogen (secondary N) is 1. The van der Waals surface area contributed by atoms with Crippen LogP contribution >= 0.6 is 0 Å². The number of anilines is 2. The van der Waals surface area contributed by atoms with Crippen molar-refractivity contribution in [1.82, 2.24) is 4.90 Å². The fourth-order valence-corrected chi connectivity index (χ4v) is 4.60. The molecule has 1 N–H and O–H groups in total. The van der Waals surface area contributed by atoms with Gasteiger partial charge in [-0.3, -0.25) is 4.72 Å². The molecule has 1 aliphatic rings. The Morgan fingerprint density at radius 2 is 1.69 bits per heavy atom. The maximum absolute atomic E-state index is 12.9. The third-order valence-electron chi connectivity index (χ3n) is 4.94. The number of sulfonamides is 1. The van der Waals surface area contributed by atoms with Crippen LogP contribution in [-0.4, -0.2) is 46.0 Å². The maximum atomic E-state index is 12.9. The molecule has 9 heteroatoms.